The zero-order chi connectivity index (χ0) is 13.1. The maximum Gasteiger partial charge on any atom is 0.254 e. The molecule has 1 aliphatic rings. The van der Waals surface area contributed by atoms with Crippen LogP contribution >= 0.6 is 0 Å². The van der Waals surface area contributed by atoms with E-state index in [1.54, 1.807) is 7.11 Å². The predicted octanol–water partition coefficient (Wildman–Crippen LogP) is 1.36. The molecule has 18 heavy (non-hydrogen) atoms. The van der Waals surface area contributed by atoms with Crippen LogP contribution in [0.1, 0.15) is 21.5 Å². The first-order valence-corrected chi connectivity index (χ1v) is 6.28. The van der Waals surface area contributed by atoms with Crippen LogP contribution in [0.3, 0.4) is 0 Å². The van der Waals surface area contributed by atoms with E-state index in [0.717, 1.165) is 48.6 Å². The number of methoxy groups -OCH3 is 1. The smallest absolute Gasteiger partial charge is 0.254 e. The predicted molar refractivity (Wildman–Crippen MR) is 71.2 cm³/mol. The standard InChI is InChI=1S/C14H20N2O2/c1-10-8-12(18-3)9-11(2)13(10)14(17)16-6-4-15-5-7-16/h8-9,15H,4-7H2,1-3H3. The highest BCUT2D eigenvalue weighted by molar-refractivity contribution is 5.97. The second-order valence-electron chi connectivity index (χ2n) is 4.68. The lowest BCUT2D eigenvalue weighted by Crippen LogP contribution is -2.46. The molecule has 0 aliphatic carbocycles. The normalized spacial score (nSPS) is 15.6. The van der Waals surface area contributed by atoms with E-state index in [1.165, 1.54) is 0 Å². The van der Waals surface area contributed by atoms with Crippen LogP contribution in [-0.2, 0) is 0 Å². The molecule has 4 heteroatoms. The summed E-state index contributed by atoms with van der Waals surface area (Å²) < 4.78 is 5.22. The molecule has 1 fully saturated rings. The van der Waals surface area contributed by atoms with Gasteiger partial charge in [0.25, 0.3) is 5.91 Å². The van der Waals surface area contributed by atoms with Crippen molar-refractivity contribution >= 4 is 5.91 Å². The lowest BCUT2D eigenvalue weighted by atomic mass is 10.0. The van der Waals surface area contributed by atoms with Crippen LogP contribution in [0, 0.1) is 13.8 Å². The summed E-state index contributed by atoms with van der Waals surface area (Å²) in [6.45, 7) is 7.24. The number of benzene rings is 1. The van der Waals surface area contributed by atoms with Gasteiger partial charge in [-0.25, -0.2) is 0 Å². The van der Waals surface area contributed by atoms with E-state index in [1.807, 2.05) is 30.9 Å². The summed E-state index contributed by atoms with van der Waals surface area (Å²) in [5, 5.41) is 3.25. The number of carbonyl (C=O) groups excluding carboxylic acids is 1. The molecule has 0 atom stereocenters. The maximum atomic E-state index is 12.5. The molecule has 0 spiro atoms. The van der Waals surface area contributed by atoms with Crippen molar-refractivity contribution in [1.29, 1.82) is 0 Å². The molecule has 0 saturated carbocycles. The van der Waals surface area contributed by atoms with Crippen LogP contribution in [0.25, 0.3) is 0 Å². The van der Waals surface area contributed by atoms with Gasteiger partial charge in [-0.3, -0.25) is 4.79 Å². The second kappa shape index (κ2) is 5.40. The Balaban J connectivity index is 2.29. The minimum atomic E-state index is 0.133. The fourth-order valence-corrected chi connectivity index (χ4v) is 2.41. The van der Waals surface area contributed by atoms with E-state index in [-0.39, 0.29) is 5.91 Å². The van der Waals surface area contributed by atoms with Crippen molar-refractivity contribution in [2.45, 2.75) is 13.8 Å². The monoisotopic (exact) mass is 248 g/mol. The summed E-state index contributed by atoms with van der Waals surface area (Å²) in [7, 11) is 1.64. The molecule has 1 saturated heterocycles. The van der Waals surface area contributed by atoms with Crippen LogP contribution in [0.15, 0.2) is 12.1 Å². The average Bonchev–Trinajstić information content (AvgIpc) is 2.38. The third-order valence-corrected chi connectivity index (χ3v) is 3.36. The van der Waals surface area contributed by atoms with Gasteiger partial charge in [-0.05, 0) is 37.1 Å². The highest BCUT2D eigenvalue weighted by Gasteiger charge is 2.21. The second-order valence-corrected chi connectivity index (χ2v) is 4.68. The topological polar surface area (TPSA) is 41.6 Å². The molecule has 1 aliphatic heterocycles. The fourth-order valence-electron chi connectivity index (χ4n) is 2.41. The molecule has 0 radical (unpaired) electrons. The molecule has 98 valence electrons. The molecule has 0 aromatic heterocycles. The third-order valence-electron chi connectivity index (χ3n) is 3.36. The molecule has 1 aromatic carbocycles. The van der Waals surface area contributed by atoms with Crippen molar-refractivity contribution in [3.8, 4) is 5.75 Å². The highest BCUT2D eigenvalue weighted by Crippen LogP contribution is 2.23. The van der Waals surface area contributed by atoms with Gasteiger partial charge in [0.2, 0.25) is 0 Å². The minimum absolute atomic E-state index is 0.133. The van der Waals surface area contributed by atoms with Crippen LogP contribution < -0.4 is 10.1 Å². The van der Waals surface area contributed by atoms with Crippen LogP contribution in [0.5, 0.6) is 5.75 Å². The van der Waals surface area contributed by atoms with E-state index >= 15 is 0 Å². The molecule has 1 heterocycles. The largest absolute Gasteiger partial charge is 0.497 e. The van der Waals surface area contributed by atoms with Gasteiger partial charge >= 0.3 is 0 Å². The molecule has 2 rings (SSSR count). The van der Waals surface area contributed by atoms with E-state index in [9.17, 15) is 4.79 Å². The number of hydrogen-bond acceptors (Lipinski definition) is 3. The lowest BCUT2D eigenvalue weighted by molar-refractivity contribution is 0.0734. The van der Waals surface area contributed by atoms with Gasteiger partial charge in [-0.1, -0.05) is 0 Å². The van der Waals surface area contributed by atoms with Crippen LogP contribution in [-0.4, -0.2) is 44.1 Å². The van der Waals surface area contributed by atoms with Crippen molar-refractivity contribution in [2.75, 3.05) is 33.3 Å². The Bertz CT molecular complexity index is 428. The molecular weight excluding hydrogens is 228 g/mol. The highest BCUT2D eigenvalue weighted by atomic mass is 16.5. The van der Waals surface area contributed by atoms with Gasteiger partial charge in [0.15, 0.2) is 0 Å². The summed E-state index contributed by atoms with van der Waals surface area (Å²) in [5.41, 5.74) is 2.78. The lowest BCUT2D eigenvalue weighted by Gasteiger charge is -2.28. The van der Waals surface area contributed by atoms with Crippen molar-refractivity contribution in [1.82, 2.24) is 10.2 Å². The SMILES string of the molecule is COc1cc(C)c(C(=O)N2CCNCC2)c(C)c1. The first-order chi connectivity index (χ1) is 8.63. The number of nitrogens with zero attached hydrogens (tertiary/aromatic N) is 1. The number of hydrogen-bond donors (Lipinski definition) is 1. The van der Waals surface area contributed by atoms with Crippen molar-refractivity contribution < 1.29 is 9.53 Å². The Morgan fingerprint density at radius 3 is 2.28 bits per heavy atom. The van der Waals surface area contributed by atoms with E-state index in [4.69, 9.17) is 4.74 Å². The van der Waals surface area contributed by atoms with Crippen molar-refractivity contribution in [3.05, 3.63) is 28.8 Å². The number of carbonyl (C=O) groups is 1. The Morgan fingerprint density at radius 1 is 1.22 bits per heavy atom. The first kappa shape index (κ1) is 12.9. The Hall–Kier alpha value is -1.55. The van der Waals surface area contributed by atoms with E-state index in [2.05, 4.69) is 5.32 Å². The van der Waals surface area contributed by atoms with Gasteiger partial charge in [0, 0.05) is 31.7 Å². The van der Waals surface area contributed by atoms with Gasteiger partial charge in [0.05, 0.1) is 7.11 Å². The molecule has 1 aromatic rings. The van der Waals surface area contributed by atoms with Crippen LogP contribution in [0.4, 0.5) is 0 Å². The zero-order valence-corrected chi connectivity index (χ0v) is 11.2. The molecule has 0 bridgehead atoms. The average molecular weight is 248 g/mol. The van der Waals surface area contributed by atoms with Crippen molar-refractivity contribution in [3.63, 3.8) is 0 Å². The third kappa shape index (κ3) is 2.48. The van der Waals surface area contributed by atoms with E-state index < -0.39 is 0 Å². The number of piperazine rings is 1. The first-order valence-electron chi connectivity index (χ1n) is 6.28. The van der Waals surface area contributed by atoms with Gasteiger partial charge in [-0.15, -0.1) is 0 Å². The maximum absolute atomic E-state index is 12.5. The number of rotatable bonds is 2. The van der Waals surface area contributed by atoms with E-state index in [0.29, 0.717) is 0 Å². The van der Waals surface area contributed by atoms with Crippen molar-refractivity contribution in [2.24, 2.45) is 0 Å². The zero-order valence-electron chi connectivity index (χ0n) is 11.2. The van der Waals surface area contributed by atoms with Gasteiger partial charge < -0.3 is 15.0 Å². The molecule has 1 N–H and O–H groups in total. The number of ether oxygens (including phenoxy) is 1. The Labute approximate surface area is 108 Å². The number of amides is 1. The molecule has 1 amide bonds. The Kier molecular flexibility index (Phi) is 3.87. The summed E-state index contributed by atoms with van der Waals surface area (Å²) >= 11 is 0. The summed E-state index contributed by atoms with van der Waals surface area (Å²) in [5.74, 6) is 0.941. The van der Waals surface area contributed by atoms with Gasteiger partial charge in [0.1, 0.15) is 5.75 Å². The fraction of sp³-hybridized carbons (Fsp3) is 0.500. The number of nitrogens with one attached hydrogen (secondary N) is 1. The molecule has 0 unspecified atom stereocenters. The van der Waals surface area contributed by atoms with Gasteiger partial charge in [-0.2, -0.15) is 0 Å². The number of aryl methyl sites for hydroxylation is 2. The quantitative estimate of drug-likeness (QED) is 0.859. The molecular formula is C14H20N2O2. The van der Waals surface area contributed by atoms with Crippen LogP contribution in [0.2, 0.25) is 0 Å². The summed E-state index contributed by atoms with van der Waals surface area (Å²) in [6, 6.07) is 3.84. The Morgan fingerprint density at radius 2 is 1.78 bits per heavy atom. The summed E-state index contributed by atoms with van der Waals surface area (Å²) in [6.07, 6.45) is 0. The minimum Gasteiger partial charge on any atom is -0.497 e. The summed E-state index contributed by atoms with van der Waals surface area (Å²) in [4.78, 5) is 14.4. The molecule has 4 nitrogen and oxygen atoms in total.